The molecule has 19 heavy (non-hydrogen) atoms. The molecule has 0 amide bonds. The summed E-state index contributed by atoms with van der Waals surface area (Å²) in [6, 6.07) is 8.41. The molecule has 0 saturated carbocycles. The van der Waals surface area contributed by atoms with Crippen molar-refractivity contribution in [1.82, 2.24) is 4.90 Å². The van der Waals surface area contributed by atoms with Gasteiger partial charge in [0, 0.05) is 25.2 Å². The van der Waals surface area contributed by atoms with E-state index >= 15 is 0 Å². The summed E-state index contributed by atoms with van der Waals surface area (Å²) in [5, 5.41) is 4.30. The van der Waals surface area contributed by atoms with Gasteiger partial charge in [0.2, 0.25) is 0 Å². The Kier molecular flexibility index (Phi) is 4.96. The van der Waals surface area contributed by atoms with Crippen molar-refractivity contribution >= 4 is 11.3 Å². The van der Waals surface area contributed by atoms with E-state index in [4.69, 9.17) is 10.5 Å². The van der Waals surface area contributed by atoms with Crippen LogP contribution in [0.1, 0.15) is 16.7 Å². The fraction of sp³-hybridized carbons (Fsp3) is 0.333. The zero-order chi connectivity index (χ0) is 13.7. The maximum Gasteiger partial charge on any atom is 0.123 e. The lowest BCUT2D eigenvalue weighted by Gasteiger charge is -2.17. The van der Waals surface area contributed by atoms with Crippen molar-refractivity contribution in [2.45, 2.75) is 19.6 Å². The molecule has 2 rings (SSSR count). The second-order valence-electron chi connectivity index (χ2n) is 4.65. The largest absolute Gasteiger partial charge is 0.496 e. The maximum atomic E-state index is 5.68. The Morgan fingerprint density at radius 1 is 1.21 bits per heavy atom. The van der Waals surface area contributed by atoms with Gasteiger partial charge in [0.1, 0.15) is 5.75 Å². The normalized spacial score (nSPS) is 10.9. The van der Waals surface area contributed by atoms with Gasteiger partial charge in [-0.25, -0.2) is 0 Å². The van der Waals surface area contributed by atoms with Crippen LogP contribution in [0, 0.1) is 0 Å². The van der Waals surface area contributed by atoms with E-state index in [1.807, 2.05) is 6.07 Å². The average molecular weight is 276 g/mol. The number of ether oxygens (including phenoxy) is 1. The minimum atomic E-state index is 0.508. The van der Waals surface area contributed by atoms with Gasteiger partial charge in [-0.1, -0.05) is 12.1 Å². The third kappa shape index (κ3) is 3.80. The number of benzene rings is 1. The summed E-state index contributed by atoms with van der Waals surface area (Å²) in [4.78, 5) is 2.29. The van der Waals surface area contributed by atoms with E-state index in [1.165, 1.54) is 11.1 Å². The molecule has 0 saturated heterocycles. The molecule has 0 aliphatic carbocycles. The highest BCUT2D eigenvalue weighted by Gasteiger charge is 2.06. The van der Waals surface area contributed by atoms with Gasteiger partial charge in [-0.3, -0.25) is 4.90 Å². The Bertz CT molecular complexity index is 511. The molecule has 0 aliphatic rings. The standard InChI is InChI=1S/C15H20N2OS/c1-17(10-13-5-6-19-11-13)9-12-3-4-14(8-16)15(7-12)18-2/h3-7,11H,8-10,16H2,1-2H3. The lowest BCUT2D eigenvalue weighted by Crippen LogP contribution is -2.17. The third-order valence-electron chi connectivity index (χ3n) is 3.06. The first kappa shape index (κ1) is 14.1. The van der Waals surface area contributed by atoms with E-state index in [9.17, 15) is 0 Å². The predicted octanol–water partition coefficient (Wildman–Crippen LogP) is 2.85. The second kappa shape index (κ2) is 6.70. The molecule has 1 heterocycles. The topological polar surface area (TPSA) is 38.5 Å². The molecule has 4 heteroatoms. The lowest BCUT2D eigenvalue weighted by molar-refractivity contribution is 0.318. The first-order chi connectivity index (χ1) is 9.22. The molecule has 0 bridgehead atoms. The fourth-order valence-corrected chi connectivity index (χ4v) is 2.78. The Morgan fingerprint density at radius 3 is 2.63 bits per heavy atom. The molecule has 0 radical (unpaired) electrons. The van der Waals surface area contributed by atoms with Crippen LogP contribution in [-0.4, -0.2) is 19.1 Å². The van der Waals surface area contributed by atoms with E-state index in [1.54, 1.807) is 18.4 Å². The highest BCUT2D eigenvalue weighted by Crippen LogP contribution is 2.21. The van der Waals surface area contributed by atoms with Crippen LogP contribution in [-0.2, 0) is 19.6 Å². The van der Waals surface area contributed by atoms with Gasteiger partial charge in [0.15, 0.2) is 0 Å². The zero-order valence-corrected chi connectivity index (χ0v) is 12.2. The van der Waals surface area contributed by atoms with Crippen molar-refractivity contribution in [3.05, 3.63) is 51.7 Å². The maximum absolute atomic E-state index is 5.68. The van der Waals surface area contributed by atoms with Crippen LogP contribution < -0.4 is 10.5 Å². The number of rotatable bonds is 6. The first-order valence-corrected chi connectivity index (χ1v) is 7.22. The molecule has 2 aromatic rings. The predicted molar refractivity (Wildman–Crippen MR) is 80.4 cm³/mol. The van der Waals surface area contributed by atoms with E-state index in [0.717, 1.165) is 24.4 Å². The number of thiophene rings is 1. The van der Waals surface area contributed by atoms with Crippen LogP contribution in [0.3, 0.4) is 0 Å². The van der Waals surface area contributed by atoms with Gasteiger partial charge in [-0.05, 0) is 41.1 Å². The summed E-state index contributed by atoms with van der Waals surface area (Å²) in [6.45, 7) is 2.37. The molecule has 0 atom stereocenters. The summed E-state index contributed by atoms with van der Waals surface area (Å²) in [5.41, 5.74) is 9.33. The third-order valence-corrected chi connectivity index (χ3v) is 3.79. The second-order valence-corrected chi connectivity index (χ2v) is 5.43. The highest BCUT2D eigenvalue weighted by molar-refractivity contribution is 7.07. The van der Waals surface area contributed by atoms with Crippen LogP contribution in [0.2, 0.25) is 0 Å². The number of hydrogen-bond acceptors (Lipinski definition) is 4. The van der Waals surface area contributed by atoms with E-state index in [-0.39, 0.29) is 0 Å². The molecule has 1 aromatic heterocycles. The summed E-state index contributed by atoms with van der Waals surface area (Å²) < 4.78 is 5.37. The van der Waals surface area contributed by atoms with Crippen LogP contribution in [0.25, 0.3) is 0 Å². The molecule has 0 spiro atoms. The van der Waals surface area contributed by atoms with Crippen LogP contribution in [0.5, 0.6) is 5.75 Å². The van der Waals surface area contributed by atoms with Crippen molar-refractivity contribution in [1.29, 1.82) is 0 Å². The van der Waals surface area contributed by atoms with E-state index < -0.39 is 0 Å². The van der Waals surface area contributed by atoms with E-state index in [2.05, 4.69) is 40.9 Å². The van der Waals surface area contributed by atoms with Gasteiger partial charge in [-0.15, -0.1) is 0 Å². The molecular formula is C15H20N2OS. The molecule has 0 aliphatic heterocycles. The van der Waals surface area contributed by atoms with Crippen molar-refractivity contribution in [2.24, 2.45) is 5.73 Å². The van der Waals surface area contributed by atoms with Crippen LogP contribution in [0.4, 0.5) is 0 Å². The molecule has 0 fully saturated rings. The number of methoxy groups -OCH3 is 1. The SMILES string of the molecule is COc1cc(CN(C)Cc2ccsc2)ccc1CN. The molecular weight excluding hydrogens is 256 g/mol. The lowest BCUT2D eigenvalue weighted by atomic mass is 10.1. The average Bonchev–Trinajstić information content (AvgIpc) is 2.91. The van der Waals surface area contributed by atoms with Crippen molar-refractivity contribution < 1.29 is 4.74 Å². The smallest absolute Gasteiger partial charge is 0.123 e. The highest BCUT2D eigenvalue weighted by atomic mass is 32.1. The Morgan fingerprint density at radius 2 is 2.00 bits per heavy atom. The first-order valence-electron chi connectivity index (χ1n) is 6.28. The van der Waals surface area contributed by atoms with Crippen LogP contribution >= 0.6 is 11.3 Å². The van der Waals surface area contributed by atoms with Gasteiger partial charge >= 0.3 is 0 Å². The minimum absolute atomic E-state index is 0.508. The molecule has 3 nitrogen and oxygen atoms in total. The quantitative estimate of drug-likeness (QED) is 0.881. The Balaban J connectivity index is 2.02. The summed E-state index contributed by atoms with van der Waals surface area (Å²) >= 11 is 1.74. The number of nitrogens with zero attached hydrogens (tertiary/aromatic N) is 1. The van der Waals surface area contributed by atoms with Gasteiger partial charge in [-0.2, -0.15) is 11.3 Å². The summed E-state index contributed by atoms with van der Waals surface area (Å²) in [7, 11) is 3.81. The fourth-order valence-electron chi connectivity index (χ4n) is 2.12. The monoisotopic (exact) mass is 276 g/mol. The zero-order valence-electron chi connectivity index (χ0n) is 11.4. The molecule has 1 aromatic carbocycles. The van der Waals surface area contributed by atoms with Gasteiger partial charge < -0.3 is 10.5 Å². The molecule has 2 N–H and O–H groups in total. The van der Waals surface area contributed by atoms with Gasteiger partial charge in [0.05, 0.1) is 7.11 Å². The Hall–Kier alpha value is -1.36. The van der Waals surface area contributed by atoms with Crippen molar-refractivity contribution in [3.63, 3.8) is 0 Å². The van der Waals surface area contributed by atoms with Gasteiger partial charge in [0.25, 0.3) is 0 Å². The van der Waals surface area contributed by atoms with E-state index in [0.29, 0.717) is 6.54 Å². The van der Waals surface area contributed by atoms with Crippen molar-refractivity contribution in [2.75, 3.05) is 14.2 Å². The molecule has 102 valence electrons. The van der Waals surface area contributed by atoms with Crippen LogP contribution in [0.15, 0.2) is 35.0 Å². The summed E-state index contributed by atoms with van der Waals surface area (Å²) in [5.74, 6) is 0.879. The van der Waals surface area contributed by atoms with Crippen molar-refractivity contribution in [3.8, 4) is 5.75 Å². The molecule has 0 unspecified atom stereocenters. The summed E-state index contributed by atoms with van der Waals surface area (Å²) in [6.07, 6.45) is 0. The minimum Gasteiger partial charge on any atom is -0.496 e. The number of nitrogens with two attached hydrogens (primary N) is 1. The number of hydrogen-bond donors (Lipinski definition) is 1. The Labute approximate surface area is 118 Å².